The van der Waals surface area contributed by atoms with E-state index in [0.29, 0.717) is 11.7 Å². The Labute approximate surface area is 188 Å². The van der Waals surface area contributed by atoms with Crippen LogP contribution in [0.15, 0.2) is 30.8 Å². The summed E-state index contributed by atoms with van der Waals surface area (Å²) >= 11 is 0. The largest absolute Gasteiger partial charge is 0.412 e. The molecular formula is C23H33N5O4. The summed E-state index contributed by atoms with van der Waals surface area (Å²) in [7, 11) is 0. The van der Waals surface area contributed by atoms with E-state index < -0.39 is 18.0 Å². The van der Waals surface area contributed by atoms with Gasteiger partial charge in [-0.15, -0.1) is 0 Å². The van der Waals surface area contributed by atoms with Crippen molar-refractivity contribution in [3.05, 3.63) is 36.4 Å². The number of nitrogens with zero attached hydrogens (tertiary/aromatic N) is 1. The Morgan fingerprint density at radius 2 is 1.88 bits per heavy atom. The normalized spacial score (nSPS) is 30.2. The maximum atomic E-state index is 13.1. The molecule has 3 aliphatic rings. The number of fused-ring (bicyclic) bond motifs is 1. The third-order valence-electron chi connectivity index (χ3n) is 6.60. The van der Waals surface area contributed by atoms with E-state index in [1.807, 2.05) is 19.1 Å². The van der Waals surface area contributed by atoms with Gasteiger partial charge >= 0.3 is 0 Å². The number of carbonyl (C=O) groups is 3. The molecule has 0 spiro atoms. The van der Waals surface area contributed by atoms with Gasteiger partial charge in [-0.3, -0.25) is 24.6 Å². The Balaban J connectivity index is 0.00000289. The molecule has 1 aromatic carbocycles. The molecule has 4 rings (SSSR count). The van der Waals surface area contributed by atoms with Crippen molar-refractivity contribution in [3.63, 3.8) is 0 Å². The van der Waals surface area contributed by atoms with Crippen molar-refractivity contribution in [1.29, 1.82) is 0 Å². The summed E-state index contributed by atoms with van der Waals surface area (Å²) in [4.78, 5) is 40.7. The van der Waals surface area contributed by atoms with Crippen molar-refractivity contribution in [3.8, 4) is 0 Å². The molecule has 174 valence electrons. The predicted molar refractivity (Wildman–Crippen MR) is 122 cm³/mol. The summed E-state index contributed by atoms with van der Waals surface area (Å²) in [6.07, 6.45) is 2.39. The second-order valence-electron chi connectivity index (χ2n) is 8.89. The molecule has 32 heavy (non-hydrogen) atoms. The molecule has 9 nitrogen and oxygen atoms in total. The standard InChI is InChI=1S/C23H31N5O3.H2O/c1-13(2)15-7-9-16(10-8-15)24-21(30)17-12-18(29)25-20-19(17)22(31)27-23(26-20)28-11-5-4-6-14(28)3;/h7-10,14,17,19-20,23,26H,1,4-6,11-12H2,2-3H3,(H,24,30)(H,25,29)(H,27,31);1H2. The van der Waals surface area contributed by atoms with E-state index in [1.165, 1.54) is 6.42 Å². The summed E-state index contributed by atoms with van der Waals surface area (Å²) in [6.45, 7) is 8.86. The number of amides is 3. The summed E-state index contributed by atoms with van der Waals surface area (Å²) in [5, 5.41) is 12.1. The minimum absolute atomic E-state index is 0. The van der Waals surface area contributed by atoms with Crippen molar-refractivity contribution >= 4 is 29.0 Å². The van der Waals surface area contributed by atoms with Gasteiger partial charge in [-0.05, 0) is 44.4 Å². The zero-order chi connectivity index (χ0) is 22.1. The first-order valence-corrected chi connectivity index (χ1v) is 11.0. The molecule has 0 bridgehead atoms. The molecule has 3 saturated heterocycles. The number of hydrogen-bond acceptors (Lipinski definition) is 5. The molecule has 9 heteroatoms. The highest BCUT2D eigenvalue weighted by molar-refractivity contribution is 6.00. The maximum absolute atomic E-state index is 13.1. The van der Waals surface area contributed by atoms with Crippen LogP contribution in [0.5, 0.6) is 0 Å². The van der Waals surface area contributed by atoms with Gasteiger partial charge in [0.25, 0.3) is 0 Å². The molecule has 0 saturated carbocycles. The summed E-state index contributed by atoms with van der Waals surface area (Å²) in [5.41, 5.74) is 2.55. The Morgan fingerprint density at radius 1 is 1.16 bits per heavy atom. The average molecular weight is 444 g/mol. The summed E-state index contributed by atoms with van der Waals surface area (Å²) in [6, 6.07) is 7.70. The van der Waals surface area contributed by atoms with Crippen molar-refractivity contribution in [2.45, 2.75) is 58.0 Å². The van der Waals surface area contributed by atoms with Crippen LogP contribution in [0.25, 0.3) is 5.57 Å². The first kappa shape index (κ1) is 23.9. The van der Waals surface area contributed by atoms with Gasteiger partial charge in [-0.2, -0.15) is 0 Å². The molecule has 0 aromatic heterocycles. The van der Waals surface area contributed by atoms with Crippen LogP contribution in [0.4, 0.5) is 5.69 Å². The molecule has 0 radical (unpaired) electrons. The number of allylic oxidation sites excluding steroid dienone is 1. The third kappa shape index (κ3) is 4.85. The second kappa shape index (κ2) is 9.81. The van der Waals surface area contributed by atoms with Crippen molar-refractivity contribution in [1.82, 2.24) is 20.9 Å². The number of likely N-dealkylation sites (tertiary alicyclic amines) is 1. The summed E-state index contributed by atoms with van der Waals surface area (Å²) < 4.78 is 0. The number of nitrogens with one attached hydrogen (secondary N) is 4. The SMILES string of the molecule is C=C(C)c1ccc(NC(=O)C2CC(=O)NC3NC(N4CCCCC4C)NC(=O)C32)cc1.O. The Hall–Kier alpha value is -2.75. The van der Waals surface area contributed by atoms with E-state index in [-0.39, 0.29) is 35.9 Å². The topological polar surface area (TPSA) is 134 Å². The van der Waals surface area contributed by atoms with Crippen LogP contribution in [0.1, 0.15) is 45.1 Å². The van der Waals surface area contributed by atoms with Gasteiger partial charge in [0.1, 0.15) is 6.29 Å². The first-order valence-electron chi connectivity index (χ1n) is 11.0. The molecule has 5 unspecified atom stereocenters. The Kier molecular flexibility index (Phi) is 7.33. The van der Waals surface area contributed by atoms with Gasteiger partial charge in [0, 0.05) is 24.7 Å². The minimum Gasteiger partial charge on any atom is -0.412 e. The van der Waals surface area contributed by atoms with Gasteiger partial charge < -0.3 is 21.4 Å². The molecule has 5 atom stereocenters. The van der Waals surface area contributed by atoms with Gasteiger partial charge in [0.05, 0.1) is 18.0 Å². The van der Waals surface area contributed by atoms with E-state index in [2.05, 4.69) is 39.7 Å². The number of benzene rings is 1. The molecular weight excluding hydrogens is 410 g/mol. The van der Waals surface area contributed by atoms with Crippen molar-refractivity contribution < 1.29 is 19.9 Å². The molecule has 3 heterocycles. The van der Waals surface area contributed by atoms with Gasteiger partial charge in [-0.1, -0.05) is 30.7 Å². The van der Waals surface area contributed by atoms with Crippen LogP contribution in [-0.4, -0.2) is 53.1 Å². The summed E-state index contributed by atoms with van der Waals surface area (Å²) in [5.74, 6) is -2.17. The predicted octanol–water partition coefficient (Wildman–Crippen LogP) is 0.789. The van der Waals surface area contributed by atoms with Crippen LogP contribution in [0, 0.1) is 11.8 Å². The van der Waals surface area contributed by atoms with Crippen molar-refractivity contribution in [2.24, 2.45) is 11.8 Å². The number of piperidine rings is 2. The van der Waals surface area contributed by atoms with Crippen LogP contribution < -0.4 is 21.3 Å². The van der Waals surface area contributed by atoms with Crippen LogP contribution in [0.3, 0.4) is 0 Å². The van der Waals surface area contributed by atoms with E-state index in [9.17, 15) is 14.4 Å². The van der Waals surface area contributed by atoms with Crippen LogP contribution in [-0.2, 0) is 14.4 Å². The highest BCUT2D eigenvalue weighted by Gasteiger charge is 2.49. The smallest absolute Gasteiger partial charge is 0.229 e. The van der Waals surface area contributed by atoms with E-state index in [1.54, 1.807) is 12.1 Å². The molecule has 6 N–H and O–H groups in total. The minimum atomic E-state index is -0.744. The first-order chi connectivity index (χ1) is 14.8. The highest BCUT2D eigenvalue weighted by atomic mass is 16.2. The second-order valence-corrected chi connectivity index (χ2v) is 8.89. The maximum Gasteiger partial charge on any atom is 0.229 e. The monoisotopic (exact) mass is 443 g/mol. The molecule has 3 fully saturated rings. The highest BCUT2D eigenvalue weighted by Crippen LogP contribution is 2.29. The molecule has 0 aliphatic carbocycles. The lowest BCUT2D eigenvalue weighted by molar-refractivity contribution is -0.148. The molecule has 1 aromatic rings. The lowest BCUT2D eigenvalue weighted by Crippen LogP contribution is -2.75. The molecule has 3 aliphatic heterocycles. The third-order valence-corrected chi connectivity index (χ3v) is 6.60. The Morgan fingerprint density at radius 3 is 2.53 bits per heavy atom. The number of hydrogen-bond donors (Lipinski definition) is 4. The van der Waals surface area contributed by atoms with Gasteiger partial charge in [-0.25, -0.2) is 0 Å². The Bertz CT molecular complexity index is 887. The zero-order valence-corrected chi connectivity index (χ0v) is 18.6. The number of anilines is 1. The average Bonchev–Trinajstić information content (AvgIpc) is 2.73. The fourth-order valence-electron chi connectivity index (χ4n) is 4.81. The fourth-order valence-corrected chi connectivity index (χ4v) is 4.81. The number of carbonyl (C=O) groups excluding carboxylic acids is 3. The zero-order valence-electron chi connectivity index (χ0n) is 18.6. The van der Waals surface area contributed by atoms with Crippen LogP contribution in [0.2, 0.25) is 0 Å². The lowest BCUT2D eigenvalue weighted by Gasteiger charge is -2.48. The van der Waals surface area contributed by atoms with E-state index >= 15 is 0 Å². The number of rotatable bonds is 4. The van der Waals surface area contributed by atoms with Gasteiger partial charge in [0.2, 0.25) is 17.7 Å². The fraction of sp³-hybridized carbons (Fsp3) is 0.522. The molecule has 3 amide bonds. The van der Waals surface area contributed by atoms with E-state index in [4.69, 9.17) is 0 Å². The quantitative estimate of drug-likeness (QED) is 0.546. The van der Waals surface area contributed by atoms with Crippen molar-refractivity contribution in [2.75, 3.05) is 11.9 Å². The van der Waals surface area contributed by atoms with E-state index in [0.717, 1.165) is 30.5 Å². The van der Waals surface area contributed by atoms with Gasteiger partial charge in [0.15, 0.2) is 0 Å². The van der Waals surface area contributed by atoms with Crippen LogP contribution >= 0.6 is 0 Å². The lowest BCUT2D eigenvalue weighted by atomic mass is 9.81.